The number of nitrogens with zero attached hydrogens (tertiary/aromatic N) is 1. The van der Waals surface area contributed by atoms with E-state index in [0.717, 1.165) is 4.47 Å². The molecule has 0 saturated carbocycles. The lowest BCUT2D eigenvalue weighted by Gasteiger charge is -2.15. The molecule has 7 heteroatoms. The summed E-state index contributed by atoms with van der Waals surface area (Å²) in [6.07, 6.45) is 0.366. The highest BCUT2D eigenvalue weighted by Gasteiger charge is 2.35. The van der Waals surface area contributed by atoms with E-state index in [1.165, 1.54) is 16.4 Å². The standard InChI is InChI=1S/C11H12BrNO4S/c12-9-1-3-10(4-2-9)18(16,17)13-6-5-8(7-13)11(14)15/h1-4,8H,5-7H2,(H,14,15)/t8-/m0/s1. The smallest absolute Gasteiger partial charge is 0.307 e. The second-order valence-corrected chi connectivity index (χ2v) is 6.99. The van der Waals surface area contributed by atoms with Crippen LogP contribution in [-0.4, -0.2) is 36.9 Å². The van der Waals surface area contributed by atoms with Gasteiger partial charge in [-0.25, -0.2) is 8.42 Å². The van der Waals surface area contributed by atoms with Crippen molar-refractivity contribution in [1.82, 2.24) is 4.31 Å². The molecular weight excluding hydrogens is 322 g/mol. The van der Waals surface area contributed by atoms with Crippen molar-refractivity contribution in [1.29, 1.82) is 0 Å². The van der Waals surface area contributed by atoms with Gasteiger partial charge in [-0.15, -0.1) is 0 Å². The zero-order chi connectivity index (χ0) is 13.3. The van der Waals surface area contributed by atoms with Crippen LogP contribution in [0.4, 0.5) is 0 Å². The number of carboxylic acids is 1. The van der Waals surface area contributed by atoms with E-state index >= 15 is 0 Å². The van der Waals surface area contributed by atoms with Crippen LogP contribution in [-0.2, 0) is 14.8 Å². The molecule has 1 N–H and O–H groups in total. The number of benzene rings is 1. The van der Waals surface area contributed by atoms with E-state index in [1.54, 1.807) is 12.1 Å². The second-order valence-electron chi connectivity index (χ2n) is 4.14. The molecule has 5 nitrogen and oxygen atoms in total. The van der Waals surface area contributed by atoms with Gasteiger partial charge in [-0.1, -0.05) is 15.9 Å². The summed E-state index contributed by atoms with van der Waals surface area (Å²) in [5.41, 5.74) is 0. The summed E-state index contributed by atoms with van der Waals surface area (Å²) in [4.78, 5) is 11.0. The molecule has 0 radical (unpaired) electrons. The topological polar surface area (TPSA) is 74.7 Å². The lowest BCUT2D eigenvalue weighted by Crippen LogP contribution is -2.30. The summed E-state index contributed by atoms with van der Waals surface area (Å²) >= 11 is 3.24. The molecule has 1 aliphatic rings. The zero-order valence-electron chi connectivity index (χ0n) is 9.41. The number of halogens is 1. The maximum atomic E-state index is 12.2. The lowest BCUT2D eigenvalue weighted by atomic mass is 10.1. The molecule has 0 aromatic heterocycles. The Labute approximate surface area is 114 Å². The van der Waals surface area contributed by atoms with Crippen LogP contribution in [0.1, 0.15) is 6.42 Å². The minimum absolute atomic E-state index is 0.0493. The minimum atomic E-state index is -3.57. The van der Waals surface area contributed by atoms with Crippen molar-refractivity contribution >= 4 is 31.9 Å². The average molecular weight is 334 g/mol. The first-order valence-electron chi connectivity index (χ1n) is 5.40. The maximum absolute atomic E-state index is 12.2. The summed E-state index contributed by atoms with van der Waals surface area (Å²) < 4.78 is 26.5. The number of rotatable bonds is 3. The highest BCUT2D eigenvalue weighted by molar-refractivity contribution is 9.10. The van der Waals surface area contributed by atoms with Crippen LogP contribution in [0, 0.1) is 5.92 Å². The first kappa shape index (κ1) is 13.5. The van der Waals surface area contributed by atoms with Gasteiger partial charge in [-0.2, -0.15) is 4.31 Å². The van der Waals surface area contributed by atoms with Crippen LogP contribution < -0.4 is 0 Å². The molecule has 1 aliphatic heterocycles. The molecule has 1 aromatic carbocycles. The predicted molar refractivity (Wildman–Crippen MR) is 68.6 cm³/mol. The van der Waals surface area contributed by atoms with Gasteiger partial charge in [0, 0.05) is 17.6 Å². The van der Waals surface area contributed by atoms with Gasteiger partial charge in [0.05, 0.1) is 10.8 Å². The quantitative estimate of drug-likeness (QED) is 0.910. The van der Waals surface area contributed by atoms with E-state index in [2.05, 4.69) is 15.9 Å². The van der Waals surface area contributed by atoms with E-state index in [4.69, 9.17) is 5.11 Å². The summed E-state index contributed by atoms with van der Waals surface area (Å²) in [5.74, 6) is -1.54. The Morgan fingerprint density at radius 1 is 1.33 bits per heavy atom. The van der Waals surface area contributed by atoms with Crippen molar-refractivity contribution in [2.24, 2.45) is 5.92 Å². The van der Waals surface area contributed by atoms with Crippen molar-refractivity contribution in [3.05, 3.63) is 28.7 Å². The molecule has 0 amide bonds. The van der Waals surface area contributed by atoms with E-state index in [0.29, 0.717) is 6.42 Å². The Balaban J connectivity index is 2.22. The van der Waals surface area contributed by atoms with Crippen LogP contribution in [0.5, 0.6) is 0 Å². The fourth-order valence-corrected chi connectivity index (χ4v) is 3.67. The Bertz CT molecular complexity index is 555. The highest BCUT2D eigenvalue weighted by Crippen LogP contribution is 2.25. The summed E-state index contributed by atoms with van der Waals surface area (Å²) in [6.45, 7) is 0.309. The van der Waals surface area contributed by atoms with Gasteiger partial charge >= 0.3 is 5.97 Å². The number of carbonyl (C=O) groups is 1. The number of sulfonamides is 1. The minimum Gasteiger partial charge on any atom is -0.481 e. The maximum Gasteiger partial charge on any atom is 0.307 e. The average Bonchev–Trinajstić information content (AvgIpc) is 2.79. The van der Waals surface area contributed by atoms with Crippen molar-refractivity contribution < 1.29 is 18.3 Å². The molecule has 1 saturated heterocycles. The number of hydrogen-bond acceptors (Lipinski definition) is 3. The van der Waals surface area contributed by atoms with Gasteiger partial charge < -0.3 is 5.11 Å². The van der Waals surface area contributed by atoms with Crippen molar-refractivity contribution in [3.8, 4) is 0 Å². The van der Waals surface area contributed by atoms with E-state index < -0.39 is 21.9 Å². The molecule has 1 fully saturated rings. The molecule has 98 valence electrons. The fourth-order valence-electron chi connectivity index (χ4n) is 1.90. The third-order valence-corrected chi connectivity index (χ3v) is 5.36. The SMILES string of the molecule is O=C(O)[C@H]1CCN(S(=O)(=O)c2ccc(Br)cc2)C1. The molecule has 1 heterocycles. The number of carboxylic acid groups (broad SMARTS) is 1. The molecule has 0 aliphatic carbocycles. The molecule has 1 atom stereocenters. The van der Waals surface area contributed by atoms with Crippen LogP contribution in [0.25, 0.3) is 0 Å². The molecule has 0 spiro atoms. The van der Waals surface area contributed by atoms with Gasteiger partial charge in [-0.05, 0) is 30.7 Å². The largest absolute Gasteiger partial charge is 0.481 e. The van der Waals surface area contributed by atoms with Crippen molar-refractivity contribution in [2.45, 2.75) is 11.3 Å². The molecular formula is C11H12BrNO4S. The van der Waals surface area contributed by atoms with E-state index in [9.17, 15) is 13.2 Å². The van der Waals surface area contributed by atoms with E-state index in [1.807, 2.05) is 0 Å². The highest BCUT2D eigenvalue weighted by atomic mass is 79.9. The molecule has 0 bridgehead atoms. The van der Waals surface area contributed by atoms with Crippen molar-refractivity contribution in [2.75, 3.05) is 13.1 Å². The molecule has 0 unspecified atom stereocenters. The lowest BCUT2D eigenvalue weighted by molar-refractivity contribution is -0.141. The predicted octanol–water partition coefficient (Wildman–Crippen LogP) is 1.54. The Kier molecular flexibility index (Phi) is 3.74. The fraction of sp³-hybridized carbons (Fsp3) is 0.364. The normalized spacial score (nSPS) is 21.1. The number of aliphatic carboxylic acids is 1. The van der Waals surface area contributed by atoms with Crippen LogP contribution in [0.2, 0.25) is 0 Å². The Hall–Kier alpha value is -0.920. The van der Waals surface area contributed by atoms with Crippen LogP contribution in [0.15, 0.2) is 33.6 Å². The molecule has 1 aromatic rings. The van der Waals surface area contributed by atoms with Gasteiger partial charge in [0.2, 0.25) is 10.0 Å². The Morgan fingerprint density at radius 3 is 2.44 bits per heavy atom. The van der Waals surface area contributed by atoms with Crippen LogP contribution in [0.3, 0.4) is 0 Å². The second kappa shape index (κ2) is 4.99. The zero-order valence-corrected chi connectivity index (χ0v) is 11.8. The van der Waals surface area contributed by atoms with Gasteiger partial charge in [0.1, 0.15) is 0 Å². The van der Waals surface area contributed by atoms with E-state index in [-0.39, 0.29) is 18.0 Å². The third kappa shape index (κ3) is 2.57. The summed E-state index contributed by atoms with van der Waals surface area (Å²) in [7, 11) is -3.57. The van der Waals surface area contributed by atoms with Gasteiger partial charge in [0.25, 0.3) is 0 Å². The molecule has 2 rings (SSSR count). The third-order valence-electron chi connectivity index (χ3n) is 2.95. The first-order valence-corrected chi connectivity index (χ1v) is 7.63. The summed E-state index contributed by atoms with van der Waals surface area (Å²) in [5, 5.41) is 8.88. The van der Waals surface area contributed by atoms with Gasteiger partial charge in [-0.3, -0.25) is 4.79 Å². The molecule has 18 heavy (non-hydrogen) atoms. The monoisotopic (exact) mass is 333 g/mol. The number of hydrogen-bond donors (Lipinski definition) is 1. The summed E-state index contributed by atoms with van der Waals surface area (Å²) in [6, 6.07) is 6.32. The van der Waals surface area contributed by atoms with Crippen LogP contribution >= 0.6 is 15.9 Å². The van der Waals surface area contributed by atoms with Crippen molar-refractivity contribution in [3.63, 3.8) is 0 Å². The van der Waals surface area contributed by atoms with Gasteiger partial charge in [0.15, 0.2) is 0 Å². The first-order chi connectivity index (χ1) is 8.41. The Morgan fingerprint density at radius 2 is 1.94 bits per heavy atom.